The summed E-state index contributed by atoms with van der Waals surface area (Å²) >= 11 is 0. The van der Waals surface area contributed by atoms with Crippen LogP contribution >= 0.6 is 0 Å². The van der Waals surface area contributed by atoms with Gasteiger partial charge in [0.05, 0.1) is 17.1 Å². The minimum absolute atomic E-state index is 0.0382. The van der Waals surface area contributed by atoms with E-state index in [0.29, 0.717) is 28.2 Å². The fourth-order valence-electron chi connectivity index (χ4n) is 5.78. The lowest BCUT2D eigenvalue weighted by atomic mass is 9.78. The Kier molecular flexibility index (Phi) is 5.97. The van der Waals surface area contributed by atoms with Crippen LogP contribution in [-0.4, -0.2) is 56.3 Å². The molecule has 0 amide bonds. The van der Waals surface area contributed by atoms with E-state index in [1.54, 1.807) is 17.1 Å². The van der Waals surface area contributed by atoms with E-state index in [1.165, 1.54) is 11.1 Å². The summed E-state index contributed by atoms with van der Waals surface area (Å²) in [6, 6.07) is 12.2. The maximum Gasteiger partial charge on any atom is 0.278 e. The van der Waals surface area contributed by atoms with Gasteiger partial charge >= 0.3 is 0 Å². The lowest BCUT2D eigenvalue weighted by Crippen LogP contribution is -2.39. The van der Waals surface area contributed by atoms with Crippen LogP contribution in [0.2, 0.25) is 0 Å². The number of aromatic nitrogens is 5. The molecule has 3 aromatic heterocycles. The van der Waals surface area contributed by atoms with Gasteiger partial charge in [-0.15, -0.1) is 0 Å². The number of hydrogen-bond acceptors (Lipinski definition) is 8. The molecule has 2 N–H and O–H groups in total. The van der Waals surface area contributed by atoms with E-state index < -0.39 is 0 Å². The number of pyridine rings is 1. The smallest absolute Gasteiger partial charge is 0.278 e. The van der Waals surface area contributed by atoms with Gasteiger partial charge in [-0.1, -0.05) is 26.0 Å². The minimum atomic E-state index is -0.160. The van der Waals surface area contributed by atoms with Crippen LogP contribution in [0.15, 0.2) is 53.6 Å². The summed E-state index contributed by atoms with van der Waals surface area (Å²) in [6.45, 7) is 8.22. The maximum absolute atomic E-state index is 13.5. The molecule has 2 aliphatic heterocycles. The van der Waals surface area contributed by atoms with Gasteiger partial charge < -0.3 is 15.5 Å². The van der Waals surface area contributed by atoms with Crippen LogP contribution in [0, 0.1) is 0 Å². The van der Waals surface area contributed by atoms with Crippen LogP contribution in [-0.2, 0) is 12.0 Å². The first-order valence-electron chi connectivity index (χ1n) is 12.9. The summed E-state index contributed by atoms with van der Waals surface area (Å²) in [5.41, 5.74) is 5.29. The van der Waals surface area contributed by atoms with Crippen LogP contribution in [0.5, 0.6) is 0 Å². The van der Waals surface area contributed by atoms with Gasteiger partial charge in [-0.25, -0.2) is 14.6 Å². The number of piperidine rings is 1. The van der Waals surface area contributed by atoms with Crippen LogP contribution < -0.4 is 16.2 Å². The van der Waals surface area contributed by atoms with Crippen molar-refractivity contribution in [3.05, 3.63) is 70.3 Å². The summed E-state index contributed by atoms with van der Waals surface area (Å²) in [6.07, 6.45) is 5.05. The van der Waals surface area contributed by atoms with Crippen LogP contribution in [0.1, 0.15) is 43.9 Å². The summed E-state index contributed by atoms with van der Waals surface area (Å²) < 4.78 is 1.62. The predicted octanol–water partition coefficient (Wildman–Crippen LogP) is 3.64. The van der Waals surface area contributed by atoms with Crippen molar-refractivity contribution in [2.45, 2.75) is 44.7 Å². The van der Waals surface area contributed by atoms with E-state index in [2.05, 4.69) is 64.6 Å². The summed E-state index contributed by atoms with van der Waals surface area (Å²) in [5.74, 6) is 0.425. The van der Waals surface area contributed by atoms with Gasteiger partial charge in [0.25, 0.3) is 5.56 Å². The van der Waals surface area contributed by atoms with Gasteiger partial charge in [-0.3, -0.25) is 9.78 Å². The first-order valence-corrected chi connectivity index (χ1v) is 12.9. The Morgan fingerprint density at radius 1 is 1.11 bits per heavy atom. The second-order valence-corrected chi connectivity index (χ2v) is 10.8. The Bertz CT molecular complexity index is 1510. The zero-order valence-electron chi connectivity index (χ0n) is 21.5. The van der Waals surface area contributed by atoms with Crippen LogP contribution in [0.25, 0.3) is 22.3 Å². The molecule has 1 fully saturated rings. The highest BCUT2D eigenvalue weighted by Gasteiger charge is 2.30. The van der Waals surface area contributed by atoms with E-state index in [1.807, 2.05) is 18.2 Å². The van der Waals surface area contributed by atoms with Crippen molar-refractivity contribution in [3.8, 4) is 11.4 Å². The maximum atomic E-state index is 13.5. The van der Waals surface area contributed by atoms with Crippen molar-refractivity contribution in [1.82, 2.24) is 34.9 Å². The largest absolute Gasteiger partial charge is 0.324 e. The molecule has 1 aromatic carbocycles. The van der Waals surface area contributed by atoms with Gasteiger partial charge in [-0.05, 0) is 68.4 Å². The molecule has 0 aliphatic carbocycles. The molecule has 5 heterocycles. The van der Waals surface area contributed by atoms with Crippen molar-refractivity contribution in [2.24, 2.45) is 0 Å². The number of hydrogen-bond donors (Lipinski definition) is 2. The van der Waals surface area contributed by atoms with E-state index in [-0.39, 0.29) is 17.0 Å². The molecule has 37 heavy (non-hydrogen) atoms. The highest BCUT2D eigenvalue weighted by atomic mass is 16.1. The summed E-state index contributed by atoms with van der Waals surface area (Å²) in [7, 11) is 2.15. The Hall–Kier alpha value is -3.69. The van der Waals surface area contributed by atoms with E-state index >= 15 is 0 Å². The van der Waals surface area contributed by atoms with Crippen LogP contribution in [0.4, 0.5) is 11.6 Å². The van der Waals surface area contributed by atoms with Gasteiger partial charge in [-0.2, -0.15) is 5.10 Å². The molecule has 6 rings (SSSR count). The molecule has 9 nitrogen and oxygen atoms in total. The fourth-order valence-corrected chi connectivity index (χ4v) is 5.78. The number of fused-ring (bicyclic) bond motifs is 2. The second-order valence-electron chi connectivity index (χ2n) is 10.8. The average molecular weight is 497 g/mol. The lowest BCUT2D eigenvalue weighted by Gasteiger charge is -2.38. The number of rotatable bonds is 4. The van der Waals surface area contributed by atoms with E-state index in [0.717, 1.165) is 44.7 Å². The molecule has 190 valence electrons. The average Bonchev–Trinajstić information content (AvgIpc) is 2.89. The zero-order chi connectivity index (χ0) is 25.6. The molecule has 0 unspecified atom stereocenters. The topological polar surface area (TPSA) is 101 Å². The standard InChI is InChI=1S/C28H32N8O/c1-28(2)17-35(3)16-18-14-19(7-8-22(18)28)32-27-31-15-21-24(33-27)25(23-6-4-5-11-30-23)34-36(26(21)37)20-9-12-29-13-10-20/h4-8,11,14-15,20,29H,9-10,12-13,16-17H2,1-3H3,(H,31,32,33). The number of likely N-dealkylation sites (N-methyl/N-ethyl adjacent to an activating group) is 1. The number of nitrogens with one attached hydrogen (secondary N) is 2. The van der Waals surface area contributed by atoms with E-state index in [9.17, 15) is 4.79 Å². The van der Waals surface area contributed by atoms with Crippen molar-refractivity contribution in [3.63, 3.8) is 0 Å². The zero-order valence-corrected chi connectivity index (χ0v) is 21.5. The Morgan fingerprint density at radius 3 is 2.73 bits per heavy atom. The normalized spacial score (nSPS) is 18.0. The third-order valence-electron chi connectivity index (χ3n) is 7.42. The third kappa shape index (κ3) is 4.49. The third-order valence-corrected chi connectivity index (χ3v) is 7.42. The number of nitrogens with zero attached hydrogens (tertiary/aromatic N) is 6. The molecule has 2 aliphatic rings. The second kappa shape index (κ2) is 9.32. The molecule has 0 radical (unpaired) electrons. The Labute approximate surface area is 216 Å². The highest BCUT2D eigenvalue weighted by Crippen LogP contribution is 2.34. The highest BCUT2D eigenvalue weighted by molar-refractivity contribution is 5.89. The van der Waals surface area contributed by atoms with Crippen molar-refractivity contribution >= 4 is 22.5 Å². The Balaban J connectivity index is 1.42. The molecule has 1 saturated heterocycles. The SMILES string of the molecule is CN1Cc2cc(Nc3ncc4c(=O)n(C5CCNCC5)nc(-c5ccccn5)c4n3)ccc2C(C)(C)C1. The van der Waals surface area contributed by atoms with Crippen molar-refractivity contribution in [2.75, 3.05) is 32.0 Å². The molecular formula is C28H32N8O. The molecule has 0 bridgehead atoms. The van der Waals surface area contributed by atoms with E-state index in [4.69, 9.17) is 10.1 Å². The van der Waals surface area contributed by atoms with Crippen molar-refractivity contribution in [1.29, 1.82) is 0 Å². The van der Waals surface area contributed by atoms with Gasteiger partial charge in [0, 0.05) is 36.6 Å². The van der Waals surface area contributed by atoms with Crippen LogP contribution in [0.3, 0.4) is 0 Å². The molecule has 9 heteroatoms. The first-order chi connectivity index (χ1) is 17.9. The Morgan fingerprint density at radius 2 is 1.95 bits per heavy atom. The molecule has 0 atom stereocenters. The van der Waals surface area contributed by atoms with Gasteiger partial charge in [0.1, 0.15) is 11.2 Å². The number of benzene rings is 1. The summed E-state index contributed by atoms with van der Waals surface area (Å²) in [4.78, 5) is 29.7. The van der Waals surface area contributed by atoms with Gasteiger partial charge in [0.15, 0.2) is 0 Å². The van der Waals surface area contributed by atoms with Gasteiger partial charge in [0.2, 0.25) is 5.95 Å². The molecule has 0 saturated carbocycles. The predicted molar refractivity (Wildman–Crippen MR) is 145 cm³/mol. The quantitative estimate of drug-likeness (QED) is 0.442. The molecule has 4 aromatic rings. The monoisotopic (exact) mass is 496 g/mol. The molecular weight excluding hydrogens is 464 g/mol. The minimum Gasteiger partial charge on any atom is -0.324 e. The lowest BCUT2D eigenvalue weighted by molar-refractivity contribution is 0.236. The summed E-state index contributed by atoms with van der Waals surface area (Å²) in [5, 5.41) is 12.0. The first kappa shape index (κ1) is 23.7. The number of anilines is 2. The fraction of sp³-hybridized carbons (Fsp3) is 0.393. The van der Waals surface area contributed by atoms with Crippen molar-refractivity contribution < 1.29 is 0 Å². The molecule has 0 spiro atoms.